The van der Waals surface area contributed by atoms with E-state index in [1.165, 1.54) is 0 Å². The average molecular weight is 653 g/mol. The lowest BCUT2D eigenvalue weighted by atomic mass is 9.77. The van der Waals surface area contributed by atoms with Crippen LogP contribution in [0.4, 0.5) is 0 Å². The molecular formula is C39H56O8. The Morgan fingerprint density at radius 1 is 0.468 bits per heavy atom. The summed E-state index contributed by atoms with van der Waals surface area (Å²) in [4.78, 5) is 52.8. The first-order chi connectivity index (χ1) is 22.4. The Hall–Kier alpha value is -3.68. The van der Waals surface area contributed by atoms with Gasteiger partial charge >= 0.3 is 23.9 Å². The molecule has 0 unspecified atom stereocenters. The van der Waals surface area contributed by atoms with E-state index in [4.69, 9.17) is 18.9 Å². The number of carbonyl (C=O) groups excluding carboxylic acids is 4. The first-order valence-electron chi connectivity index (χ1n) is 17.1. The Morgan fingerprint density at radius 2 is 0.809 bits per heavy atom. The van der Waals surface area contributed by atoms with Gasteiger partial charge in [0.2, 0.25) is 0 Å². The number of hydrogen-bond acceptors (Lipinski definition) is 8. The fraction of sp³-hybridized carbons (Fsp3) is 0.590. The molecule has 0 saturated carbocycles. The standard InChI is InChI=1S/C39H56O8/c1-7-44-33(40)37(3,4)25-17-11-19-27-39(35(42)46-29-31-21-13-9-14-22-31,36(43)47-30-32-23-15-10-16-24-32)28-20-12-18-26-38(5,6)34(41)45-8-2/h9-10,13-16,21-24H,7-8,11-12,17-20,25-30H2,1-6H3. The van der Waals surface area contributed by atoms with Crippen LogP contribution in [0.25, 0.3) is 0 Å². The maximum Gasteiger partial charge on any atom is 0.323 e. The molecule has 260 valence electrons. The molecule has 0 aromatic heterocycles. The van der Waals surface area contributed by atoms with Crippen molar-refractivity contribution in [2.24, 2.45) is 16.2 Å². The number of esters is 4. The third-order valence-electron chi connectivity index (χ3n) is 8.67. The first-order valence-corrected chi connectivity index (χ1v) is 17.1. The van der Waals surface area contributed by atoms with Gasteiger partial charge in [-0.05, 0) is 78.4 Å². The zero-order valence-corrected chi connectivity index (χ0v) is 29.4. The molecule has 0 amide bonds. The van der Waals surface area contributed by atoms with Crippen molar-refractivity contribution in [1.82, 2.24) is 0 Å². The second-order valence-electron chi connectivity index (χ2n) is 13.5. The van der Waals surface area contributed by atoms with Gasteiger partial charge in [0, 0.05) is 0 Å². The third-order valence-corrected chi connectivity index (χ3v) is 8.67. The Labute approximate surface area is 281 Å². The summed E-state index contributed by atoms with van der Waals surface area (Å²) in [6, 6.07) is 18.8. The minimum atomic E-state index is -1.49. The van der Waals surface area contributed by atoms with Crippen LogP contribution in [0.2, 0.25) is 0 Å². The van der Waals surface area contributed by atoms with Gasteiger partial charge in [-0.3, -0.25) is 19.2 Å². The van der Waals surface area contributed by atoms with Crippen LogP contribution in [-0.2, 0) is 51.3 Å². The van der Waals surface area contributed by atoms with Crippen molar-refractivity contribution in [2.75, 3.05) is 13.2 Å². The Balaban J connectivity index is 2.23. The quantitative estimate of drug-likeness (QED) is 0.0539. The molecule has 8 heteroatoms. The Kier molecular flexibility index (Phi) is 16.7. The van der Waals surface area contributed by atoms with Gasteiger partial charge < -0.3 is 18.9 Å². The molecular weight excluding hydrogens is 596 g/mol. The van der Waals surface area contributed by atoms with E-state index in [1.54, 1.807) is 13.8 Å². The van der Waals surface area contributed by atoms with E-state index in [0.717, 1.165) is 36.8 Å². The number of carbonyl (C=O) groups is 4. The van der Waals surface area contributed by atoms with Crippen LogP contribution in [0.1, 0.15) is 117 Å². The maximum atomic E-state index is 14.0. The lowest BCUT2D eigenvalue weighted by Gasteiger charge is -2.30. The molecule has 0 aliphatic heterocycles. The fourth-order valence-corrected chi connectivity index (χ4v) is 5.54. The van der Waals surface area contributed by atoms with Gasteiger partial charge in [0.05, 0.1) is 24.0 Å². The topological polar surface area (TPSA) is 105 Å². The molecule has 47 heavy (non-hydrogen) atoms. The monoisotopic (exact) mass is 652 g/mol. The molecule has 8 nitrogen and oxygen atoms in total. The van der Waals surface area contributed by atoms with E-state index >= 15 is 0 Å². The predicted molar refractivity (Wildman–Crippen MR) is 182 cm³/mol. The fourth-order valence-electron chi connectivity index (χ4n) is 5.54. The van der Waals surface area contributed by atoms with Crippen molar-refractivity contribution in [3.05, 3.63) is 71.8 Å². The van der Waals surface area contributed by atoms with Crippen LogP contribution in [0.5, 0.6) is 0 Å². The third kappa shape index (κ3) is 13.2. The largest absolute Gasteiger partial charge is 0.466 e. The molecule has 0 aliphatic rings. The van der Waals surface area contributed by atoms with E-state index in [-0.39, 0.29) is 38.0 Å². The second kappa shape index (κ2) is 19.9. The molecule has 0 saturated heterocycles. The summed E-state index contributed by atoms with van der Waals surface area (Å²) < 4.78 is 22.1. The van der Waals surface area contributed by atoms with Crippen molar-refractivity contribution >= 4 is 23.9 Å². The van der Waals surface area contributed by atoms with Gasteiger partial charge in [-0.2, -0.15) is 0 Å². The molecule has 2 rings (SSSR count). The van der Waals surface area contributed by atoms with E-state index in [9.17, 15) is 19.2 Å². The highest BCUT2D eigenvalue weighted by Crippen LogP contribution is 2.37. The van der Waals surface area contributed by atoms with Crippen LogP contribution in [0.15, 0.2) is 60.7 Å². The van der Waals surface area contributed by atoms with E-state index < -0.39 is 28.2 Å². The molecule has 0 N–H and O–H groups in total. The van der Waals surface area contributed by atoms with E-state index in [0.29, 0.717) is 38.9 Å². The van der Waals surface area contributed by atoms with E-state index in [2.05, 4.69) is 0 Å². The Morgan fingerprint density at radius 3 is 1.15 bits per heavy atom. The lowest BCUT2D eigenvalue weighted by Crippen LogP contribution is -2.42. The highest BCUT2D eigenvalue weighted by Gasteiger charge is 2.48. The first kappa shape index (κ1) is 39.5. The number of benzene rings is 2. The minimum absolute atomic E-state index is 0.0504. The smallest absolute Gasteiger partial charge is 0.323 e. The van der Waals surface area contributed by atoms with Gasteiger partial charge in [-0.15, -0.1) is 0 Å². The minimum Gasteiger partial charge on any atom is -0.466 e. The van der Waals surface area contributed by atoms with Crippen molar-refractivity contribution in [1.29, 1.82) is 0 Å². The molecule has 2 aromatic carbocycles. The summed E-state index contributed by atoms with van der Waals surface area (Å²) in [6.07, 6.45) is 5.87. The summed E-state index contributed by atoms with van der Waals surface area (Å²) >= 11 is 0. The summed E-state index contributed by atoms with van der Waals surface area (Å²) in [5.41, 5.74) is -1.07. The molecule has 0 fully saturated rings. The Bertz CT molecular complexity index is 1140. The van der Waals surface area contributed by atoms with Crippen LogP contribution in [0, 0.1) is 16.2 Å². The molecule has 0 aliphatic carbocycles. The number of rotatable bonds is 22. The summed E-state index contributed by atoms with van der Waals surface area (Å²) in [6.45, 7) is 11.9. The highest BCUT2D eigenvalue weighted by atomic mass is 16.6. The van der Waals surface area contributed by atoms with Crippen LogP contribution >= 0.6 is 0 Å². The predicted octanol–water partition coefficient (Wildman–Crippen LogP) is 8.54. The average Bonchev–Trinajstić information content (AvgIpc) is 3.06. The number of ether oxygens (including phenoxy) is 4. The van der Waals surface area contributed by atoms with Crippen molar-refractivity contribution in [2.45, 2.75) is 119 Å². The van der Waals surface area contributed by atoms with Gasteiger partial charge in [0.25, 0.3) is 0 Å². The van der Waals surface area contributed by atoms with Crippen LogP contribution in [0.3, 0.4) is 0 Å². The van der Waals surface area contributed by atoms with Crippen molar-refractivity contribution in [3.8, 4) is 0 Å². The van der Waals surface area contributed by atoms with Gasteiger partial charge in [0.1, 0.15) is 13.2 Å². The van der Waals surface area contributed by atoms with Crippen molar-refractivity contribution < 1.29 is 38.1 Å². The zero-order chi connectivity index (χ0) is 34.8. The van der Waals surface area contributed by atoms with Gasteiger partial charge in [-0.1, -0.05) is 99.2 Å². The second-order valence-corrected chi connectivity index (χ2v) is 13.5. The summed E-state index contributed by atoms with van der Waals surface area (Å²) in [7, 11) is 0. The SMILES string of the molecule is CCOC(=O)C(C)(C)CCCCCC(CCCCCC(C)(C)C(=O)OCC)(C(=O)OCc1ccccc1)C(=O)OCc1ccccc1. The normalized spacial score (nSPS) is 11.9. The maximum absolute atomic E-state index is 14.0. The van der Waals surface area contributed by atoms with E-state index in [1.807, 2.05) is 88.4 Å². The molecule has 0 atom stereocenters. The molecule has 2 aromatic rings. The molecule has 0 heterocycles. The van der Waals surface area contributed by atoms with Gasteiger partial charge in [0.15, 0.2) is 5.41 Å². The molecule has 0 spiro atoms. The summed E-state index contributed by atoms with van der Waals surface area (Å²) in [5.74, 6) is -1.62. The van der Waals surface area contributed by atoms with Crippen LogP contribution in [-0.4, -0.2) is 37.1 Å². The molecule has 0 bridgehead atoms. The highest BCUT2D eigenvalue weighted by molar-refractivity contribution is 6.00. The summed E-state index contributed by atoms with van der Waals surface area (Å²) in [5, 5.41) is 0. The van der Waals surface area contributed by atoms with Gasteiger partial charge in [-0.25, -0.2) is 0 Å². The van der Waals surface area contributed by atoms with Crippen LogP contribution < -0.4 is 0 Å². The lowest BCUT2D eigenvalue weighted by molar-refractivity contribution is -0.176. The number of unbranched alkanes of at least 4 members (excludes halogenated alkanes) is 4. The number of hydrogen-bond donors (Lipinski definition) is 0. The zero-order valence-electron chi connectivity index (χ0n) is 29.4. The van der Waals surface area contributed by atoms with Crippen molar-refractivity contribution in [3.63, 3.8) is 0 Å². The molecule has 0 radical (unpaired) electrons.